The van der Waals surface area contributed by atoms with Crippen molar-refractivity contribution in [2.45, 2.75) is 12.2 Å². The van der Waals surface area contributed by atoms with E-state index in [1.54, 1.807) is 0 Å². The maximum absolute atomic E-state index is 10.7. The lowest BCUT2D eigenvalue weighted by molar-refractivity contribution is 0.0230. The van der Waals surface area contributed by atoms with Crippen LogP contribution in [-0.2, 0) is 0 Å². The lowest BCUT2D eigenvalue weighted by Crippen LogP contribution is -2.21. The topological polar surface area (TPSA) is 127 Å². The number of carbonyl (C=O) groups is 1. The second kappa shape index (κ2) is 6.23. The lowest BCUT2D eigenvalue weighted by atomic mass is 10.0. The summed E-state index contributed by atoms with van der Waals surface area (Å²) in [4.78, 5) is 13.1. The van der Waals surface area contributed by atoms with E-state index in [0.717, 1.165) is 0 Å². The standard InChI is InChI=1S/C10H10ClN3O4/c11-6-1-5(4-15)9(17)7(2-6)10(18)8(16)3-13-14-12/h1-2,4,8,10,16-18H,3H2. The van der Waals surface area contributed by atoms with Crippen LogP contribution >= 0.6 is 11.6 Å². The molecule has 0 amide bonds. The molecule has 0 spiro atoms. The molecule has 0 fully saturated rings. The van der Waals surface area contributed by atoms with Gasteiger partial charge in [-0.15, -0.1) is 0 Å². The van der Waals surface area contributed by atoms with Crippen LogP contribution < -0.4 is 0 Å². The molecule has 0 aliphatic heterocycles. The first-order valence-electron chi connectivity index (χ1n) is 4.85. The number of phenols is 1. The van der Waals surface area contributed by atoms with Crippen molar-refractivity contribution < 1.29 is 20.1 Å². The average molecular weight is 272 g/mol. The van der Waals surface area contributed by atoms with Crippen LogP contribution in [0.5, 0.6) is 5.75 Å². The van der Waals surface area contributed by atoms with Gasteiger partial charge in [0.2, 0.25) is 0 Å². The van der Waals surface area contributed by atoms with Crippen LogP contribution in [0.2, 0.25) is 5.02 Å². The number of phenolic OH excluding ortho intramolecular Hbond substituents is 1. The van der Waals surface area contributed by atoms with Gasteiger partial charge in [-0.1, -0.05) is 16.7 Å². The number of halogens is 1. The average Bonchev–Trinajstić information content (AvgIpc) is 2.37. The minimum atomic E-state index is -1.52. The van der Waals surface area contributed by atoms with Crippen LogP contribution in [-0.4, -0.2) is 34.3 Å². The Balaban J connectivity index is 3.11. The second-order valence-corrected chi connectivity index (χ2v) is 3.91. The van der Waals surface area contributed by atoms with Crippen molar-refractivity contribution >= 4 is 17.9 Å². The summed E-state index contributed by atoms with van der Waals surface area (Å²) in [5.74, 6) is -0.470. The van der Waals surface area contributed by atoms with E-state index in [-0.39, 0.29) is 22.7 Å². The van der Waals surface area contributed by atoms with E-state index in [0.29, 0.717) is 6.29 Å². The third kappa shape index (κ3) is 3.12. The summed E-state index contributed by atoms with van der Waals surface area (Å²) in [5.41, 5.74) is 7.89. The number of aliphatic hydroxyl groups is 2. The number of rotatable bonds is 5. The van der Waals surface area contributed by atoms with Crippen molar-refractivity contribution in [1.82, 2.24) is 0 Å². The highest BCUT2D eigenvalue weighted by Gasteiger charge is 2.23. The van der Waals surface area contributed by atoms with Crippen molar-refractivity contribution in [3.8, 4) is 5.75 Å². The Morgan fingerprint density at radius 1 is 1.50 bits per heavy atom. The van der Waals surface area contributed by atoms with E-state index >= 15 is 0 Å². The molecule has 0 aliphatic rings. The predicted octanol–water partition coefficient (Wildman–Crippen LogP) is 1.56. The Labute approximate surface area is 107 Å². The van der Waals surface area contributed by atoms with Gasteiger partial charge in [0.15, 0.2) is 6.29 Å². The monoisotopic (exact) mass is 271 g/mol. The van der Waals surface area contributed by atoms with Gasteiger partial charge in [-0.3, -0.25) is 4.79 Å². The highest BCUT2D eigenvalue weighted by Crippen LogP contribution is 2.32. The molecule has 1 aromatic rings. The van der Waals surface area contributed by atoms with E-state index in [1.807, 2.05) is 0 Å². The third-order valence-electron chi connectivity index (χ3n) is 2.28. The molecule has 18 heavy (non-hydrogen) atoms. The van der Waals surface area contributed by atoms with Crippen molar-refractivity contribution in [2.24, 2.45) is 5.11 Å². The summed E-state index contributed by atoms with van der Waals surface area (Å²) in [6.45, 7) is -0.375. The van der Waals surface area contributed by atoms with Gasteiger partial charge >= 0.3 is 0 Å². The van der Waals surface area contributed by atoms with Gasteiger partial charge in [0.1, 0.15) is 11.9 Å². The van der Waals surface area contributed by atoms with Gasteiger partial charge in [0.05, 0.1) is 18.2 Å². The molecular weight excluding hydrogens is 262 g/mol. The zero-order valence-electron chi connectivity index (χ0n) is 9.06. The SMILES string of the molecule is [N-]=[N+]=NCC(O)C(O)c1cc(Cl)cc(C=O)c1O. The summed E-state index contributed by atoms with van der Waals surface area (Å²) >= 11 is 5.71. The van der Waals surface area contributed by atoms with E-state index in [1.165, 1.54) is 12.1 Å². The molecule has 1 rings (SSSR count). The molecule has 96 valence electrons. The maximum Gasteiger partial charge on any atom is 0.153 e. The van der Waals surface area contributed by atoms with Crippen molar-refractivity contribution in [1.29, 1.82) is 0 Å². The summed E-state index contributed by atoms with van der Waals surface area (Å²) in [6.07, 6.45) is -2.56. The molecule has 2 atom stereocenters. The van der Waals surface area contributed by atoms with E-state index < -0.39 is 18.0 Å². The number of azide groups is 1. The summed E-state index contributed by atoms with van der Waals surface area (Å²) < 4.78 is 0. The van der Waals surface area contributed by atoms with Crippen molar-refractivity contribution in [3.63, 3.8) is 0 Å². The highest BCUT2D eigenvalue weighted by molar-refractivity contribution is 6.31. The Bertz CT molecular complexity index is 502. The van der Waals surface area contributed by atoms with E-state index in [9.17, 15) is 20.1 Å². The van der Waals surface area contributed by atoms with E-state index in [2.05, 4.69) is 10.0 Å². The number of nitrogens with zero attached hydrogens (tertiary/aromatic N) is 3. The van der Waals surface area contributed by atoms with Gasteiger partial charge in [0, 0.05) is 15.5 Å². The molecule has 2 unspecified atom stereocenters. The van der Waals surface area contributed by atoms with Crippen LogP contribution in [0.1, 0.15) is 22.0 Å². The van der Waals surface area contributed by atoms with Gasteiger partial charge in [0.25, 0.3) is 0 Å². The fraction of sp³-hybridized carbons (Fsp3) is 0.300. The molecule has 1 aromatic carbocycles. The number of aldehydes is 1. The van der Waals surface area contributed by atoms with Crippen LogP contribution in [0.4, 0.5) is 0 Å². The molecule has 0 radical (unpaired) electrons. The minimum Gasteiger partial charge on any atom is -0.507 e. The van der Waals surface area contributed by atoms with Crippen LogP contribution in [0.25, 0.3) is 10.4 Å². The number of aliphatic hydroxyl groups excluding tert-OH is 2. The minimum absolute atomic E-state index is 0.104. The molecule has 0 heterocycles. The first-order valence-corrected chi connectivity index (χ1v) is 5.23. The lowest BCUT2D eigenvalue weighted by Gasteiger charge is -2.18. The van der Waals surface area contributed by atoms with Crippen molar-refractivity contribution in [2.75, 3.05) is 6.54 Å². The fourth-order valence-electron chi connectivity index (χ4n) is 1.38. The highest BCUT2D eigenvalue weighted by atomic mass is 35.5. The zero-order valence-corrected chi connectivity index (χ0v) is 9.82. The quantitative estimate of drug-likeness (QED) is 0.325. The first kappa shape index (κ1) is 14.3. The molecule has 7 nitrogen and oxygen atoms in total. The van der Waals surface area contributed by atoms with E-state index in [4.69, 9.17) is 17.1 Å². The molecule has 0 aliphatic carbocycles. The van der Waals surface area contributed by atoms with Gasteiger partial charge in [-0.05, 0) is 17.7 Å². The summed E-state index contributed by atoms with van der Waals surface area (Å²) in [6, 6.07) is 2.44. The Morgan fingerprint density at radius 3 is 2.72 bits per heavy atom. The predicted molar refractivity (Wildman–Crippen MR) is 63.5 cm³/mol. The third-order valence-corrected chi connectivity index (χ3v) is 2.49. The second-order valence-electron chi connectivity index (χ2n) is 3.48. The summed E-state index contributed by atoms with van der Waals surface area (Å²) in [7, 11) is 0. The van der Waals surface area contributed by atoms with Gasteiger partial charge in [-0.2, -0.15) is 0 Å². The molecule has 0 saturated carbocycles. The Hall–Kier alpha value is -1.79. The zero-order chi connectivity index (χ0) is 13.7. The molecule has 8 heteroatoms. The number of aromatic hydroxyl groups is 1. The Kier molecular flexibility index (Phi) is 4.94. The molecule has 3 N–H and O–H groups in total. The fourth-order valence-corrected chi connectivity index (χ4v) is 1.62. The molecule has 0 aromatic heterocycles. The largest absolute Gasteiger partial charge is 0.507 e. The number of hydrogen-bond donors (Lipinski definition) is 3. The maximum atomic E-state index is 10.7. The van der Waals surface area contributed by atoms with Crippen molar-refractivity contribution in [3.05, 3.63) is 38.7 Å². The van der Waals surface area contributed by atoms with Gasteiger partial charge < -0.3 is 15.3 Å². The first-order chi connectivity index (χ1) is 8.51. The number of benzene rings is 1. The molecular formula is C10H10ClN3O4. The number of carbonyl (C=O) groups excluding carboxylic acids is 1. The molecule has 0 saturated heterocycles. The van der Waals surface area contributed by atoms with Gasteiger partial charge in [-0.25, -0.2) is 0 Å². The van der Waals surface area contributed by atoms with Crippen LogP contribution in [0.3, 0.4) is 0 Å². The Morgan fingerprint density at radius 2 is 2.17 bits per heavy atom. The summed E-state index contributed by atoms with van der Waals surface area (Å²) in [5, 5.41) is 32.2. The normalized spacial score (nSPS) is 13.5. The number of hydrogen-bond acceptors (Lipinski definition) is 5. The molecule has 0 bridgehead atoms. The van der Waals surface area contributed by atoms with Crippen LogP contribution in [0.15, 0.2) is 17.2 Å². The van der Waals surface area contributed by atoms with Crippen LogP contribution in [0, 0.1) is 0 Å². The smallest absolute Gasteiger partial charge is 0.153 e.